The average molecular weight is 310 g/mol. The van der Waals surface area contributed by atoms with Crippen LogP contribution in [-0.4, -0.2) is 55.0 Å². The lowest BCUT2D eigenvalue weighted by atomic mass is 10.2. The smallest absolute Gasteiger partial charge is 0.272 e. The monoisotopic (exact) mass is 310 g/mol. The number of aryl methyl sites for hydroxylation is 1. The molecule has 1 aliphatic heterocycles. The molecule has 0 saturated carbocycles. The zero-order valence-electron chi connectivity index (χ0n) is 13.0. The molecule has 22 heavy (non-hydrogen) atoms. The zero-order chi connectivity index (χ0) is 15.9. The highest BCUT2D eigenvalue weighted by Crippen LogP contribution is 2.24. The second-order valence-corrected chi connectivity index (χ2v) is 5.05. The number of nitrogens with zero attached hydrogens (tertiary/aromatic N) is 2. The quantitative estimate of drug-likeness (QED) is 0.683. The van der Waals surface area contributed by atoms with Gasteiger partial charge >= 0.3 is 0 Å². The van der Waals surface area contributed by atoms with Crippen molar-refractivity contribution >= 4 is 11.8 Å². The van der Waals surface area contributed by atoms with E-state index in [9.17, 15) is 9.59 Å². The SMILES string of the molecule is COCCNC(=O)CCNC(=O)c1nn2c(c1C)OCCC2. The minimum Gasteiger partial charge on any atom is -0.478 e. The summed E-state index contributed by atoms with van der Waals surface area (Å²) >= 11 is 0. The van der Waals surface area contributed by atoms with Gasteiger partial charge in [0.15, 0.2) is 5.69 Å². The molecule has 0 fully saturated rings. The van der Waals surface area contributed by atoms with Crippen molar-refractivity contribution in [1.82, 2.24) is 20.4 Å². The van der Waals surface area contributed by atoms with Gasteiger partial charge in [0.05, 0.1) is 13.2 Å². The summed E-state index contributed by atoms with van der Waals surface area (Å²) in [6.45, 7) is 4.42. The van der Waals surface area contributed by atoms with Gasteiger partial charge in [0, 0.05) is 45.1 Å². The Morgan fingerprint density at radius 1 is 1.36 bits per heavy atom. The number of nitrogens with one attached hydrogen (secondary N) is 2. The minimum absolute atomic E-state index is 0.124. The Kier molecular flexibility index (Phi) is 5.76. The molecule has 1 aromatic heterocycles. The van der Waals surface area contributed by atoms with E-state index in [0.29, 0.717) is 31.3 Å². The maximum Gasteiger partial charge on any atom is 0.272 e. The first-order chi connectivity index (χ1) is 10.6. The minimum atomic E-state index is -0.285. The molecular formula is C14H22N4O4. The highest BCUT2D eigenvalue weighted by atomic mass is 16.5. The predicted octanol–water partition coefficient (Wildman–Crippen LogP) is -0.143. The van der Waals surface area contributed by atoms with Crippen molar-refractivity contribution in [3.05, 3.63) is 11.3 Å². The van der Waals surface area contributed by atoms with Gasteiger partial charge in [-0.3, -0.25) is 9.59 Å². The predicted molar refractivity (Wildman–Crippen MR) is 78.9 cm³/mol. The Morgan fingerprint density at radius 3 is 2.91 bits per heavy atom. The van der Waals surface area contributed by atoms with Crippen molar-refractivity contribution in [3.63, 3.8) is 0 Å². The molecule has 2 heterocycles. The second kappa shape index (κ2) is 7.79. The number of methoxy groups -OCH3 is 1. The van der Waals surface area contributed by atoms with E-state index in [0.717, 1.165) is 18.5 Å². The van der Waals surface area contributed by atoms with Gasteiger partial charge in [-0.1, -0.05) is 0 Å². The summed E-state index contributed by atoms with van der Waals surface area (Å²) in [5, 5.41) is 9.67. The highest BCUT2D eigenvalue weighted by Gasteiger charge is 2.22. The normalized spacial score (nSPS) is 13.2. The summed E-state index contributed by atoms with van der Waals surface area (Å²) in [4.78, 5) is 23.6. The van der Waals surface area contributed by atoms with Crippen LogP contribution in [0.1, 0.15) is 28.9 Å². The number of carbonyl (C=O) groups excluding carboxylic acids is 2. The molecule has 2 rings (SSSR count). The van der Waals surface area contributed by atoms with E-state index in [-0.39, 0.29) is 24.8 Å². The number of hydrogen-bond acceptors (Lipinski definition) is 5. The van der Waals surface area contributed by atoms with Crippen molar-refractivity contribution < 1.29 is 19.1 Å². The first-order valence-electron chi connectivity index (χ1n) is 7.37. The van der Waals surface area contributed by atoms with E-state index in [1.165, 1.54) is 0 Å². The number of amides is 2. The van der Waals surface area contributed by atoms with Crippen molar-refractivity contribution in [2.45, 2.75) is 26.3 Å². The number of hydrogen-bond donors (Lipinski definition) is 2. The molecule has 0 unspecified atom stereocenters. The summed E-state index contributed by atoms with van der Waals surface area (Å²) in [5.74, 6) is 0.253. The van der Waals surface area contributed by atoms with Crippen LogP contribution in [0.2, 0.25) is 0 Å². The lowest BCUT2D eigenvalue weighted by molar-refractivity contribution is -0.121. The number of carbonyl (C=O) groups is 2. The molecule has 0 aromatic carbocycles. The number of fused-ring (bicyclic) bond motifs is 1. The fourth-order valence-electron chi connectivity index (χ4n) is 2.22. The number of rotatable bonds is 7. The Labute approximate surface area is 129 Å². The fourth-order valence-corrected chi connectivity index (χ4v) is 2.22. The maximum absolute atomic E-state index is 12.1. The average Bonchev–Trinajstić information content (AvgIpc) is 2.85. The second-order valence-electron chi connectivity index (χ2n) is 5.05. The van der Waals surface area contributed by atoms with E-state index in [4.69, 9.17) is 9.47 Å². The van der Waals surface area contributed by atoms with E-state index in [2.05, 4.69) is 15.7 Å². The topological polar surface area (TPSA) is 94.5 Å². The van der Waals surface area contributed by atoms with Crippen LogP contribution in [0, 0.1) is 6.92 Å². The molecule has 2 N–H and O–H groups in total. The van der Waals surface area contributed by atoms with Crippen molar-refractivity contribution in [3.8, 4) is 5.88 Å². The van der Waals surface area contributed by atoms with Crippen LogP contribution in [0.5, 0.6) is 5.88 Å². The summed E-state index contributed by atoms with van der Waals surface area (Å²) in [6, 6.07) is 0. The number of ether oxygens (including phenoxy) is 2. The largest absolute Gasteiger partial charge is 0.478 e. The fraction of sp³-hybridized carbons (Fsp3) is 0.643. The van der Waals surface area contributed by atoms with E-state index in [1.807, 2.05) is 6.92 Å². The molecule has 8 nitrogen and oxygen atoms in total. The third kappa shape index (κ3) is 3.97. The van der Waals surface area contributed by atoms with Crippen molar-refractivity contribution in [2.75, 3.05) is 33.4 Å². The van der Waals surface area contributed by atoms with Gasteiger partial charge in [0.1, 0.15) is 0 Å². The van der Waals surface area contributed by atoms with Gasteiger partial charge in [-0.15, -0.1) is 0 Å². The molecule has 1 aliphatic rings. The van der Waals surface area contributed by atoms with Crippen molar-refractivity contribution in [2.24, 2.45) is 0 Å². The molecule has 0 aliphatic carbocycles. The third-order valence-corrected chi connectivity index (χ3v) is 3.37. The zero-order valence-corrected chi connectivity index (χ0v) is 13.0. The van der Waals surface area contributed by atoms with E-state index < -0.39 is 0 Å². The molecule has 122 valence electrons. The van der Waals surface area contributed by atoms with Gasteiger partial charge in [-0.2, -0.15) is 5.10 Å². The first kappa shape index (κ1) is 16.3. The molecular weight excluding hydrogens is 288 g/mol. The number of aromatic nitrogens is 2. The van der Waals surface area contributed by atoms with Crippen LogP contribution >= 0.6 is 0 Å². The van der Waals surface area contributed by atoms with E-state index >= 15 is 0 Å². The van der Waals surface area contributed by atoms with Crippen LogP contribution in [0.3, 0.4) is 0 Å². The Morgan fingerprint density at radius 2 is 2.18 bits per heavy atom. The molecule has 0 atom stereocenters. The molecule has 0 radical (unpaired) electrons. The summed E-state index contributed by atoms with van der Waals surface area (Å²) in [6.07, 6.45) is 1.11. The van der Waals surface area contributed by atoms with Crippen LogP contribution in [0.25, 0.3) is 0 Å². The molecule has 0 spiro atoms. The van der Waals surface area contributed by atoms with Gasteiger partial charge in [0.2, 0.25) is 11.8 Å². The lowest BCUT2D eigenvalue weighted by Gasteiger charge is -2.14. The summed E-state index contributed by atoms with van der Waals surface area (Å²) in [5.41, 5.74) is 1.10. The Bertz CT molecular complexity index is 541. The molecule has 8 heteroatoms. The van der Waals surface area contributed by atoms with Gasteiger partial charge in [0.25, 0.3) is 5.91 Å². The first-order valence-corrected chi connectivity index (χ1v) is 7.37. The molecule has 2 amide bonds. The standard InChI is InChI=1S/C14H22N4O4/c1-10-12(17-18-7-3-8-22-14(10)18)13(20)16-5-4-11(19)15-6-9-21-2/h3-9H2,1-2H3,(H,15,19)(H,16,20). The Hall–Kier alpha value is -2.09. The Balaban J connectivity index is 1.80. The lowest BCUT2D eigenvalue weighted by Crippen LogP contribution is -2.32. The molecule has 0 saturated heterocycles. The van der Waals surface area contributed by atoms with Gasteiger partial charge in [-0.05, 0) is 6.92 Å². The van der Waals surface area contributed by atoms with Gasteiger partial charge < -0.3 is 20.1 Å². The molecule has 0 bridgehead atoms. The van der Waals surface area contributed by atoms with Crippen LogP contribution in [0.4, 0.5) is 0 Å². The van der Waals surface area contributed by atoms with E-state index in [1.54, 1.807) is 11.8 Å². The third-order valence-electron chi connectivity index (χ3n) is 3.37. The van der Waals surface area contributed by atoms with Crippen LogP contribution in [0.15, 0.2) is 0 Å². The molecule has 1 aromatic rings. The van der Waals surface area contributed by atoms with Crippen molar-refractivity contribution in [1.29, 1.82) is 0 Å². The highest BCUT2D eigenvalue weighted by molar-refractivity contribution is 5.94. The van der Waals surface area contributed by atoms with Gasteiger partial charge in [-0.25, -0.2) is 4.68 Å². The van der Waals surface area contributed by atoms with Crippen LogP contribution < -0.4 is 15.4 Å². The summed E-state index contributed by atoms with van der Waals surface area (Å²) in [7, 11) is 1.57. The van der Waals surface area contributed by atoms with Crippen LogP contribution in [-0.2, 0) is 16.1 Å². The maximum atomic E-state index is 12.1. The summed E-state index contributed by atoms with van der Waals surface area (Å²) < 4.78 is 12.1.